The van der Waals surface area contributed by atoms with E-state index in [1.54, 1.807) is 12.4 Å². The third-order valence-electron chi connectivity index (χ3n) is 3.65. The average molecular weight is 392 g/mol. The van der Waals surface area contributed by atoms with E-state index < -0.39 is 0 Å². The van der Waals surface area contributed by atoms with Crippen molar-refractivity contribution in [3.63, 3.8) is 0 Å². The molecular weight excluding hydrogens is 372 g/mol. The average Bonchev–Trinajstić information content (AvgIpc) is 3.41. The number of nitrogens with zero attached hydrogens (tertiary/aromatic N) is 2. The van der Waals surface area contributed by atoms with Crippen LogP contribution in [-0.4, -0.2) is 0 Å². The Morgan fingerprint density at radius 3 is 1.15 bits per heavy atom. The molecule has 0 amide bonds. The van der Waals surface area contributed by atoms with Gasteiger partial charge in [0.25, 0.3) is 0 Å². The Kier molecular flexibility index (Phi) is 8.71. The summed E-state index contributed by atoms with van der Waals surface area (Å²) < 4.78 is 0. The fourth-order valence-electron chi connectivity index (χ4n) is 2.31. The minimum absolute atomic E-state index is 0. The molecule has 0 aromatic rings. The van der Waals surface area contributed by atoms with Gasteiger partial charge in [0.2, 0.25) is 0 Å². The van der Waals surface area contributed by atoms with Gasteiger partial charge in [-0.2, -0.15) is 12.4 Å². The minimum atomic E-state index is 0. The SMILES string of the molecule is C1=C[N-]C(=CC=C2C=CC=C2)C=C1.C1=C[N-]C(=CC=C2C=CC=C2)C=C1.[Fe+2]. The zero-order chi connectivity index (χ0) is 17.9. The largest absolute Gasteiger partial charge is 2.00 e. The van der Waals surface area contributed by atoms with Crippen molar-refractivity contribution in [1.29, 1.82) is 0 Å². The zero-order valence-electron chi connectivity index (χ0n) is 14.8. The van der Waals surface area contributed by atoms with Crippen LogP contribution in [0.2, 0.25) is 0 Å². The number of hydrogen-bond donors (Lipinski definition) is 0. The molecule has 4 aliphatic rings. The molecule has 0 saturated carbocycles. The van der Waals surface area contributed by atoms with Crippen LogP contribution in [0.25, 0.3) is 10.6 Å². The van der Waals surface area contributed by atoms with Gasteiger partial charge in [-0.1, -0.05) is 109 Å². The van der Waals surface area contributed by atoms with E-state index in [1.165, 1.54) is 11.1 Å². The third kappa shape index (κ3) is 7.41. The first kappa shape index (κ1) is 20.3. The Hall–Kier alpha value is -3.00. The molecule has 27 heavy (non-hydrogen) atoms. The summed E-state index contributed by atoms with van der Waals surface area (Å²) in [4.78, 5) is 0. The van der Waals surface area contributed by atoms with Gasteiger partial charge in [0.05, 0.1) is 0 Å². The van der Waals surface area contributed by atoms with E-state index in [-0.39, 0.29) is 17.1 Å². The van der Waals surface area contributed by atoms with Gasteiger partial charge in [-0.05, 0) is 11.1 Å². The van der Waals surface area contributed by atoms with E-state index in [1.807, 2.05) is 72.9 Å². The molecule has 2 aliphatic heterocycles. The van der Waals surface area contributed by atoms with Crippen LogP contribution in [0.3, 0.4) is 0 Å². The first-order valence-electron chi connectivity index (χ1n) is 8.52. The predicted molar refractivity (Wildman–Crippen MR) is 112 cm³/mol. The first-order valence-corrected chi connectivity index (χ1v) is 8.52. The molecule has 0 spiro atoms. The fourth-order valence-corrected chi connectivity index (χ4v) is 2.31. The fraction of sp³-hybridized carbons (Fsp3) is 0. The predicted octanol–water partition coefficient (Wildman–Crippen LogP) is 6.76. The number of allylic oxidation sites excluding steroid dienone is 20. The second-order valence-electron chi connectivity index (χ2n) is 5.61. The molecule has 0 aromatic heterocycles. The standard InChI is InChI=1S/2C12H10N.Fe/c2*1-2-6-11(5-1)8-9-12-7-3-4-10-13-12;/h2*1-10H;/q2*-1;+2. The van der Waals surface area contributed by atoms with Crippen LogP contribution in [0.15, 0.2) is 144 Å². The van der Waals surface area contributed by atoms with Crippen molar-refractivity contribution in [1.82, 2.24) is 0 Å². The van der Waals surface area contributed by atoms with E-state index in [9.17, 15) is 0 Å². The van der Waals surface area contributed by atoms with Crippen LogP contribution < -0.4 is 0 Å². The molecule has 0 unspecified atom stereocenters. The monoisotopic (exact) mass is 392 g/mol. The van der Waals surface area contributed by atoms with Crippen LogP contribution in [0.1, 0.15) is 0 Å². The summed E-state index contributed by atoms with van der Waals surface area (Å²) in [6.45, 7) is 0. The molecule has 0 saturated heterocycles. The van der Waals surface area contributed by atoms with Crippen molar-refractivity contribution in [3.05, 3.63) is 155 Å². The van der Waals surface area contributed by atoms with Crippen molar-refractivity contribution in [2.75, 3.05) is 0 Å². The summed E-state index contributed by atoms with van der Waals surface area (Å²) in [6.07, 6.45) is 39.9. The molecule has 0 radical (unpaired) electrons. The van der Waals surface area contributed by atoms with Gasteiger partial charge in [-0.25, -0.2) is 0 Å². The Bertz CT molecular complexity index is 777. The van der Waals surface area contributed by atoms with Gasteiger partial charge in [0.15, 0.2) is 0 Å². The Labute approximate surface area is 172 Å². The quantitative estimate of drug-likeness (QED) is 0.465. The summed E-state index contributed by atoms with van der Waals surface area (Å²) in [6, 6.07) is 0. The molecule has 2 heterocycles. The Morgan fingerprint density at radius 2 is 0.815 bits per heavy atom. The van der Waals surface area contributed by atoms with E-state index >= 15 is 0 Å². The van der Waals surface area contributed by atoms with E-state index in [4.69, 9.17) is 0 Å². The normalized spacial score (nSPS) is 20.4. The maximum atomic E-state index is 4.19. The van der Waals surface area contributed by atoms with Gasteiger partial charge in [0, 0.05) is 0 Å². The Morgan fingerprint density at radius 1 is 0.444 bits per heavy atom. The molecule has 2 aliphatic carbocycles. The maximum absolute atomic E-state index is 4.19. The first-order chi connectivity index (χ1) is 12.9. The molecule has 2 nitrogen and oxygen atoms in total. The van der Waals surface area contributed by atoms with E-state index in [2.05, 4.69) is 47.1 Å². The molecule has 0 N–H and O–H groups in total. The molecule has 0 aromatic carbocycles. The third-order valence-corrected chi connectivity index (χ3v) is 3.65. The summed E-state index contributed by atoms with van der Waals surface area (Å²) in [5, 5.41) is 8.38. The van der Waals surface area contributed by atoms with Crippen LogP contribution in [0, 0.1) is 0 Å². The summed E-state index contributed by atoms with van der Waals surface area (Å²) >= 11 is 0. The second-order valence-corrected chi connectivity index (χ2v) is 5.61. The van der Waals surface area contributed by atoms with Crippen LogP contribution in [0.4, 0.5) is 0 Å². The van der Waals surface area contributed by atoms with E-state index in [0.717, 1.165) is 11.4 Å². The Balaban J connectivity index is 0.000000187. The molecule has 0 fully saturated rings. The van der Waals surface area contributed by atoms with Crippen molar-refractivity contribution >= 4 is 0 Å². The van der Waals surface area contributed by atoms with Crippen molar-refractivity contribution < 1.29 is 17.1 Å². The molecule has 0 atom stereocenters. The minimum Gasteiger partial charge on any atom is -0.664 e. The maximum Gasteiger partial charge on any atom is 2.00 e. The molecular formula is C24H20FeN2. The smallest absolute Gasteiger partial charge is 0.664 e. The van der Waals surface area contributed by atoms with Gasteiger partial charge in [-0.3, -0.25) is 0 Å². The second kappa shape index (κ2) is 11.6. The van der Waals surface area contributed by atoms with E-state index in [0.29, 0.717) is 0 Å². The summed E-state index contributed by atoms with van der Waals surface area (Å²) in [5.74, 6) is 0. The molecule has 4 rings (SSSR count). The molecule has 3 heteroatoms. The van der Waals surface area contributed by atoms with Gasteiger partial charge in [0.1, 0.15) is 0 Å². The molecule has 134 valence electrons. The summed E-state index contributed by atoms with van der Waals surface area (Å²) in [5.41, 5.74) is 4.41. The summed E-state index contributed by atoms with van der Waals surface area (Å²) in [7, 11) is 0. The van der Waals surface area contributed by atoms with Crippen molar-refractivity contribution in [3.8, 4) is 0 Å². The molecule has 0 bridgehead atoms. The number of rotatable bonds is 2. The number of hydrogen-bond acceptors (Lipinski definition) is 0. The van der Waals surface area contributed by atoms with Crippen LogP contribution in [0.5, 0.6) is 0 Å². The van der Waals surface area contributed by atoms with Gasteiger partial charge < -0.3 is 10.6 Å². The van der Waals surface area contributed by atoms with Crippen LogP contribution in [-0.2, 0) is 17.1 Å². The topological polar surface area (TPSA) is 28.2 Å². The van der Waals surface area contributed by atoms with Gasteiger partial charge in [-0.15, -0.1) is 11.4 Å². The van der Waals surface area contributed by atoms with Crippen molar-refractivity contribution in [2.24, 2.45) is 0 Å². The van der Waals surface area contributed by atoms with Gasteiger partial charge >= 0.3 is 17.1 Å². The van der Waals surface area contributed by atoms with Crippen LogP contribution >= 0.6 is 0 Å². The zero-order valence-corrected chi connectivity index (χ0v) is 15.9. The van der Waals surface area contributed by atoms with Crippen molar-refractivity contribution in [2.45, 2.75) is 0 Å².